The molecule has 182 valence electrons. The van der Waals surface area contributed by atoms with Gasteiger partial charge in [0.15, 0.2) is 11.6 Å². The first-order valence-corrected chi connectivity index (χ1v) is 12.8. The number of hydrogen-bond donors (Lipinski definition) is 2. The van der Waals surface area contributed by atoms with Crippen molar-refractivity contribution in [1.82, 2.24) is 14.9 Å². The van der Waals surface area contributed by atoms with Crippen LogP contribution >= 0.6 is 0 Å². The first kappa shape index (κ1) is 23.9. The number of nitrogens with zero attached hydrogens (tertiary/aromatic N) is 1. The van der Waals surface area contributed by atoms with Gasteiger partial charge in [-0.3, -0.25) is 15.0 Å². The van der Waals surface area contributed by atoms with Crippen molar-refractivity contribution in [3.8, 4) is 5.75 Å². The van der Waals surface area contributed by atoms with Crippen LogP contribution in [0.3, 0.4) is 0 Å². The maximum Gasteiger partial charge on any atom is 0.326 e. The van der Waals surface area contributed by atoms with Crippen molar-refractivity contribution in [1.29, 1.82) is 0 Å². The summed E-state index contributed by atoms with van der Waals surface area (Å²) in [7, 11) is -3.62. The minimum Gasteiger partial charge on any atom is -0.490 e. The van der Waals surface area contributed by atoms with E-state index in [0.29, 0.717) is 30.9 Å². The highest BCUT2D eigenvalue weighted by molar-refractivity contribution is 7.89. The second kappa shape index (κ2) is 8.84. The molecular formula is C22H30FN3O6S. The Balaban J connectivity index is 1.27. The van der Waals surface area contributed by atoms with Gasteiger partial charge in [0.2, 0.25) is 10.0 Å². The normalized spacial score (nSPS) is 21.2. The summed E-state index contributed by atoms with van der Waals surface area (Å²) in [5.74, 6) is -0.373. The fourth-order valence-corrected chi connectivity index (χ4v) is 5.27. The summed E-state index contributed by atoms with van der Waals surface area (Å²) in [6.07, 6.45) is 3.66. The van der Waals surface area contributed by atoms with Crippen LogP contribution in [0.5, 0.6) is 5.75 Å². The molecule has 1 saturated heterocycles. The molecule has 0 unspecified atom stereocenters. The van der Waals surface area contributed by atoms with Crippen molar-refractivity contribution in [3.63, 3.8) is 0 Å². The van der Waals surface area contributed by atoms with Crippen LogP contribution in [0.15, 0.2) is 18.2 Å². The maximum absolute atomic E-state index is 14.1. The lowest BCUT2D eigenvalue weighted by molar-refractivity contribution is -0.126. The molecule has 3 aliphatic rings. The molecule has 1 heterocycles. The molecule has 0 bridgehead atoms. The van der Waals surface area contributed by atoms with Crippen molar-refractivity contribution in [2.75, 3.05) is 25.7 Å². The summed E-state index contributed by atoms with van der Waals surface area (Å²) >= 11 is 0. The van der Waals surface area contributed by atoms with E-state index in [1.807, 2.05) is 0 Å². The first-order valence-electron chi connectivity index (χ1n) is 11.2. The van der Waals surface area contributed by atoms with Gasteiger partial charge in [-0.2, -0.15) is 0 Å². The van der Waals surface area contributed by atoms with Gasteiger partial charge in [0, 0.05) is 6.61 Å². The number of ether oxygens (including phenoxy) is 2. The first-order chi connectivity index (χ1) is 15.5. The molecule has 1 aromatic rings. The number of hydrogen-bond acceptors (Lipinski definition) is 6. The van der Waals surface area contributed by atoms with Gasteiger partial charge in [-0.15, -0.1) is 0 Å². The highest BCUT2D eigenvalue weighted by atomic mass is 32.2. The zero-order valence-electron chi connectivity index (χ0n) is 18.9. The molecule has 0 aromatic heterocycles. The molecule has 2 aliphatic carbocycles. The van der Waals surface area contributed by atoms with E-state index in [9.17, 15) is 22.4 Å². The highest BCUT2D eigenvalue weighted by Gasteiger charge is 2.48. The minimum atomic E-state index is -3.62. The van der Waals surface area contributed by atoms with Crippen molar-refractivity contribution in [2.24, 2.45) is 5.92 Å². The molecule has 0 radical (unpaired) electrons. The molecule has 4 rings (SSSR count). The minimum absolute atomic E-state index is 0.109. The quantitative estimate of drug-likeness (QED) is 0.348. The van der Waals surface area contributed by atoms with E-state index < -0.39 is 38.9 Å². The summed E-state index contributed by atoms with van der Waals surface area (Å²) in [4.78, 5) is 24.8. The lowest BCUT2D eigenvalue weighted by Gasteiger charge is -2.27. The van der Waals surface area contributed by atoms with E-state index in [0.717, 1.165) is 12.8 Å². The third-order valence-corrected chi connectivity index (χ3v) is 7.90. The number of carbonyl (C=O) groups excluding carboxylic acids is 2. The van der Waals surface area contributed by atoms with Crippen molar-refractivity contribution >= 4 is 22.0 Å². The van der Waals surface area contributed by atoms with Crippen molar-refractivity contribution in [2.45, 2.75) is 57.0 Å². The molecule has 11 heteroatoms. The monoisotopic (exact) mass is 483 g/mol. The second-order valence-electron chi connectivity index (χ2n) is 9.54. The predicted octanol–water partition coefficient (Wildman–Crippen LogP) is 2.22. The average molecular weight is 484 g/mol. The number of benzene rings is 1. The van der Waals surface area contributed by atoms with Gasteiger partial charge < -0.3 is 9.47 Å². The Hall–Kier alpha value is -2.24. The van der Waals surface area contributed by atoms with Crippen LogP contribution < -0.4 is 14.8 Å². The van der Waals surface area contributed by atoms with Crippen LogP contribution in [0, 0.1) is 11.7 Å². The molecule has 0 spiro atoms. The van der Waals surface area contributed by atoms with E-state index in [2.05, 4.69) is 10.0 Å². The molecule has 33 heavy (non-hydrogen) atoms. The lowest BCUT2D eigenvalue weighted by Crippen LogP contribution is -2.45. The Morgan fingerprint density at radius 2 is 1.97 bits per heavy atom. The van der Waals surface area contributed by atoms with Gasteiger partial charge in [0.05, 0.1) is 17.9 Å². The van der Waals surface area contributed by atoms with E-state index in [4.69, 9.17) is 9.47 Å². The third-order valence-electron chi connectivity index (χ3n) is 6.37. The lowest BCUT2D eigenvalue weighted by atomic mass is 10.1. The topological polar surface area (TPSA) is 114 Å². The fourth-order valence-electron chi connectivity index (χ4n) is 3.75. The van der Waals surface area contributed by atoms with Gasteiger partial charge in [-0.25, -0.2) is 22.3 Å². The molecule has 2 N–H and O–H groups in total. The summed E-state index contributed by atoms with van der Waals surface area (Å²) in [6, 6.07) is 3.98. The van der Waals surface area contributed by atoms with Crippen LogP contribution in [-0.4, -0.2) is 56.5 Å². The number of imide groups is 1. The number of rotatable bonds is 12. The van der Waals surface area contributed by atoms with Gasteiger partial charge >= 0.3 is 6.03 Å². The summed E-state index contributed by atoms with van der Waals surface area (Å²) in [5, 5.41) is 2.22. The summed E-state index contributed by atoms with van der Waals surface area (Å²) in [5.41, 5.74) is -1.05. The van der Waals surface area contributed by atoms with E-state index in [1.54, 1.807) is 26.0 Å². The number of carbonyl (C=O) groups is 2. The average Bonchev–Trinajstić information content (AvgIpc) is 3.65. The number of amides is 3. The Morgan fingerprint density at radius 1 is 1.24 bits per heavy atom. The van der Waals surface area contributed by atoms with Gasteiger partial charge in [-0.1, -0.05) is 6.07 Å². The zero-order chi connectivity index (χ0) is 23.9. The van der Waals surface area contributed by atoms with Crippen molar-refractivity contribution < 1.29 is 31.9 Å². The number of urea groups is 1. The van der Waals surface area contributed by atoms with Crippen LogP contribution in [0.1, 0.15) is 51.5 Å². The fraction of sp³-hybridized carbons (Fsp3) is 0.636. The SMILES string of the molecule is CC1(C)C(=O)NC(=O)N1COCCCS(=O)(=O)NC1(c2ccc(F)c(OCC3CC3)c2)CC1. The molecule has 2 saturated carbocycles. The van der Waals surface area contributed by atoms with Gasteiger partial charge in [-0.05, 0) is 69.6 Å². The molecule has 3 amide bonds. The van der Waals surface area contributed by atoms with Crippen LogP contribution in [0.25, 0.3) is 0 Å². The molecule has 1 aliphatic heterocycles. The number of sulfonamides is 1. The molecular weight excluding hydrogens is 453 g/mol. The zero-order valence-corrected chi connectivity index (χ0v) is 19.7. The smallest absolute Gasteiger partial charge is 0.326 e. The van der Waals surface area contributed by atoms with Crippen molar-refractivity contribution in [3.05, 3.63) is 29.6 Å². The molecule has 3 fully saturated rings. The Labute approximate surface area is 193 Å². The number of halogens is 1. The largest absolute Gasteiger partial charge is 0.490 e. The van der Waals surface area contributed by atoms with E-state index in [-0.39, 0.29) is 31.3 Å². The van der Waals surface area contributed by atoms with E-state index >= 15 is 0 Å². The summed E-state index contributed by atoms with van der Waals surface area (Å²) < 4.78 is 53.2. The molecule has 9 nitrogen and oxygen atoms in total. The predicted molar refractivity (Wildman–Crippen MR) is 117 cm³/mol. The van der Waals surface area contributed by atoms with Crippen LogP contribution in [-0.2, 0) is 25.1 Å². The molecule has 1 aromatic carbocycles. The van der Waals surface area contributed by atoms with Gasteiger partial charge in [0.25, 0.3) is 5.91 Å². The Bertz CT molecular complexity index is 1040. The van der Waals surface area contributed by atoms with Crippen LogP contribution in [0.2, 0.25) is 0 Å². The van der Waals surface area contributed by atoms with E-state index in [1.165, 1.54) is 11.0 Å². The molecule has 0 atom stereocenters. The number of nitrogens with one attached hydrogen (secondary N) is 2. The Kier molecular flexibility index (Phi) is 6.41. The Morgan fingerprint density at radius 3 is 2.58 bits per heavy atom. The third kappa shape index (κ3) is 5.47. The second-order valence-corrected chi connectivity index (χ2v) is 11.4. The summed E-state index contributed by atoms with van der Waals surface area (Å²) in [6.45, 7) is 3.69. The highest BCUT2D eigenvalue weighted by Crippen LogP contribution is 2.47. The van der Waals surface area contributed by atoms with Gasteiger partial charge in [0.1, 0.15) is 12.3 Å². The van der Waals surface area contributed by atoms with Crippen LogP contribution in [0.4, 0.5) is 9.18 Å². The standard InChI is InChI=1S/C22H30FN3O6S/c1-21(2)19(27)24-20(28)26(21)14-31-10-3-11-33(29,30)25-22(8-9-22)16-6-7-17(23)18(12-16)32-13-15-4-5-15/h6-7,12,15,25H,3-5,8-11,13-14H2,1-2H3,(H,24,27,28). The maximum atomic E-state index is 14.1.